The summed E-state index contributed by atoms with van der Waals surface area (Å²) >= 11 is 0. The summed E-state index contributed by atoms with van der Waals surface area (Å²) in [5.74, 6) is 1.06. The van der Waals surface area contributed by atoms with Crippen molar-refractivity contribution < 1.29 is 4.39 Å². The van der Waals surface area contributed by atoms with E-state index in [2.05, 4.69) is 39.9 Å². The lowest BCUT2D eigenvalue weighted by atomic mass is 10.0. The van der Waals surface area contributed by atoms with Crippen molar-refractivity contribution in [3.63, 3.8) is 0 Å². The molecule has 0 amide bonds. The number of rotatable bonds is 8. The monoisotopic (exact) mass is 563 g/mol. The number of benzene rings is 1. The van der Waals surface area contributed by atoms with Gasteiger partial charge in [-0.1, -0.05) is 0 Å². The van der Waals surface area contributed by atoms with E-state index in [1.807, 2.05) is 32.3 Å². The van der Waals surface area contributed by atoms with E-state index < -0.39 is 0 Å². The smallest absolute Gasteiger partial charge is 0.159 e. The number of anilines is 1. The molecule has 0 aliphatic carbocycles. The number of fused-ring (bicyclic) bond motifs is 2. The quantitative estimate of drug-likeness (QED) is 0.252. The molecule has 1 fully saturated rings. The van der Waals surface area contributed by atoms with Crippen molar-refractivity contribution in [2.75, 3.05) is 38.6 Å². The third-order valence-electron chi connectivity index (χ3n) is 7.49. The van der Waals surface area contributed by atoms with Crippen LogP contribution in [0.2, 0.25) is 0 Å². The van der Waals surface area contributed by atoms with E-state index in [9.17, 15) is 4.39 Å². The number of halogens is 1. The van der Waals surface area contributed by atoms with Crippen LogP contribution in [-0.2, 0) is 6.42 Å². The lowest BCUT2D eigenvalue weighted by molar-refractivity contribution is 0.400. The lowest BCUT2D eigenvalue weighted by Crippen LogP contribution is -2.56. The van der Waals surface area contributed by atoms with Crippen molar-refractivity contribution in [3.8, 4) is 34.2 Å². The first kappa shape index (κ1) is 26.1. The van der Waals surface area contributed by atoms with Crippen molar-refractivity contribution in [2.24, 2.45) is 5.73 Å². The van der Waals surface area contributed by atoms with Gasteiger partial charge in [0.2, 0.25) is 0 Å². The Morgan fingerprint density at radius 2 is 1.88 bits per heavy atom. The summed E-state index contributed by atoms with van der Waals surface area (Å²) in [5, 5.41) is 8.44. The number of aryl methyl sites for hydroxylation is 1. The summed E-state index contributed by atoms with van der Waals surface area (Å²) in [6.45, 7) is 2.45. The van der Waals surface area contributed by atoms with Gasteiger partial charge in [0.1, 0.15) is 28.5 Å². The Bertz CT molecular complexity index is 1900. The van der Waals surface area contributed by atoms with Crippen LogP contribution in [0.4, 0.5) is 10.2 Å². The molecule has 7 rings (SSSR count). The van der Waals surface area contributed by atoms with Gasteiger partial charge in [0.05, 0.1) is 41.0 Å². The van der Waals surface area contributed by atoms with Crippen molar-refractivity contribution in [3.05, 3.63) is 66.5 Å². The molecule has 0 radical (unpaired) electrons. The van der Waals surface area contributed by atoms with Crippen LogP contribution in [0.1, 0.15) is 12.0 Å². The molecule has 5 aromatic heterocycles. The average Bonchev–Trinajstić information content (AvgIpc) is 3.59. The summed E-state index contributed by atoms with van der Waals surface area (Å²) in [6, 6.07) is 9.06. The van der Waals surface area contributed by atoms with Crippen LogP contribution in [-0.4, -0.2) is 84.8 Å². The molecule has 0 spiro atoms. The van der Waals surface area contributed by atoms with Crippen LogP contribution in [0.5, 0.6) is 0 Å². The van der Waals surface area contributed by atoms with Gasteiger partial charge in [-0.2, -0.15) is 5.10 Å². The van der Waals surface area contributed by atoms with Crippen molar-refractivity contribution in [1.82, 2.24) is 45.0 Å². The van der Waals surface area contributed by atoms with Crippen LogP contribution in [0.15, 0.2) is 55.1 Å². The molecular weight excluding hydrogens is 533 g/mol. The van der Waals surface area contributed by atoms with E-state index in [1.165, 1.54) is 6.07 Å². The average molecular weight is 564 g/mol. The minimum Gasteiger partial charge on any atom is -0.352 e. The van der Waals surface area contributed by atoms with E-state index in [1.54, 1.807) is 30.9 Å². The maximum Gasteiger partial charge on any atom is 0.159 e. The third-order valence-corrected chi connectivity index (χ3v) is 7.49. The normalized spacial score (nSPS) is 13.9. The predicted octanol–water partition coefficient (Wildman–Crippen LogP) is 3.80. The minimum absolute atomic E-state index is 0.161. The van der Waals surface area contributed by atoms with Crippen LogP contribution in [0, 0.1) is 5.82 Å². The number of pyridine rings is 2. The fraction of sp³-hybridized carbons (Fsp3) is 0.267. The highest BCUT2D eigenvalue weighted by atomic mass is 19.1. The second kappa shape index (κ2) is 10.5. The molecule has 42 heavy (non-hydrogen) atoms. The summed E-state index contributed by atoms with van der Waals surface area (Å²) in [7, 11) is 4.07. The fourth-order valence-electron chi connectivity index (χ4n) is 5.36. The number of nitrogens with two attached hydrogens (primary N) is 1. The van der Waals surface area contributed by atoms with E-state index in [0.29, 0.717) is 39.7 Å². The highest BCUT2D eigenvalue weighted by molar-refractivity contribution is 5.96. The van der Waals surface area contributed by atoms with E-state index >= 15 is 0 Å². The molecule has 12 heteroatoms. The largest absolute Gasteiger partial charge is 0.352 e. The van der Waals surface area contributed by atoms with Crippen LogP contribution in [0.25, 0.3) is 56.1 Å². The highest BCUT2D eigenvalue weighted by Crippen LogP contribution is 2.32. The molecule has 6 heterocycles. The van der Waals surface area contributed by atoms with Gasteiger partial charge < -0.3 is 20.5 Å². The van der Waals surface area contributed by atoms with E-state index in [-0.39, 0.29) is 11.9 Å². The summed E-state index contributed by atoms with van der Waals surface area (Å²) in [6.07, 6.45) is 8.59. The van der Waals surface area contributed by atoms with Gasteiger partial charge in [0, 0.05) is 36.3 Å². The second-order valence-corrected chi connectivity index (χ2v) is 11.0. The Balaban J connectivity index is 1.24. The van der Waals surface area contributed by atoms with Gasteiger partial charge in [0.15, 0.2) is 5.82 Å². The molecule has 0 unspecified atom stereocenters. The zero-order chi connectivity index (χ0) is 28.8. The number of imidazole rings is 1. The lowest BCUT2D eigenvalue weighted by Gasteiger charge is -2.37. The first-order valence-electron chi connectivity index (χ1n) is 13.9. The number of nitrogens with one attached hydrogen (secondary N) is 2. The Morgan fingerprint density at radius 3 is 2.71 bits per heavy atom. The molecule has 212 valence electrons. The van der Waals surface area contributed by atoms with Gasteiger partial charge in [-0.3, -0.25) is 20.1 Å². The van der Waals surface area contributed by atoms with Crippen LogP contribution < -0.4 is 10.6 Å². The molecule has 0 bridgehead atoms. The molecule has 0 saturated carbocycles. The number of H-pyrrole nitrogens is 2. The number of nitrogens with zero attached hydrogens (tertiary/aromatic N) is 8. The Morgan fingerprint density at radius 1 is 1.00 bits per heavy atom. The summed E-state index contributed by atoms with van der Waals surface area (Å²) in [5.41, 5.74) is 12.3. The van der Waals surface area contributed by atoms with Crippen molar-refractivity contribution in [1.29, 1.82) is 0 Å². The first-order chi connectivity index (χ1) is 20.4. The summed E-state index contributed by atoms with van der Waals surface area (Å²) < 4.78 is 14.7. The third kappa shape index (κ3) is 4.95. The molecule has 1 aliphatic heterocycles. The zero-order valence-corrected chi connectivity index (χ0v) is 23.3. The molecule has 11 nitrogen and oxygen atoms in total. The summed E-state index contributed by atoms with van der Waals surface area (Å²) in [4.78, 5) is 30.8. The van der Waals surface area contributed by atoms with Gasteiger partial charge >= 0.3 is 0 Å². The van der Waals surface area contributed by atoms with Crippen LogP contribution >= 0.6 is 0 Å². The van der Waals surface area contributed by atoms with Gasteiger partial charge in [-0.05, 0) is 69.4 Å². The fourth-order valence-corrected chi connectivity index (χ4v) is 5.36. The van der Waals surface area contributed by atoms with Crippen molar-refractivity contribution >= 4 is 27.8 Å². The number of hydrogen-bond acceptors (Lipinski definition) is 9. The van der Waals surface area contributed by atoms with Gasteiger partial charge in [-0.25, -0.2) is 14.4 Å². The van der Waals surface area contributed by atoms with Crippen molar-refractivity contribution in [2.45, 2.75) is 18.9 Å². The topological polar surface area (TPSA) is 141 Å². The minimum atomic E-state index is -0.288. The second-order valence-electron chi connectivity index (χ2n) is 11.0. The Labute approximate surface area is 241 Å². The van der Waals surface area contributed by atoms with Crippen LogP contribution in [0.3, 0.4) is 0 Å². The van der Waals surface area contributed by atoms with Gasteiger partial charge in [0.25, 0.3) is 0 Å². The number of hydrogen-bond donors (Lipinski definition) is 3. The molecule has 1 aliphatic rings. The molecule has 1 saturated heterocycles. The number of aromatic nitrogens is 8. The molecular formula is C30H30FN11. The van der Waals surface area contributed by atoms with E-state index in [4.69, 9.17) is 15.7 Å². The first-order valence-corrected chi connectivity index (χ1v) is 13.9. The maximum absolute atomic E-state index is 14.7. The molecule has 0 atom stereocenters. The molecule has 4 N–H and O–H groups in total. The Kier molecular flexibility index (Phi) is 6.56. The predicted molar refractivity (Wildman–Crippen MR) is 160 cm³/mol. The maximum atomic E-state index is 14.7. The SMILES string of the molecule is CN(C)CCCc1cc(F)cc(-c2nccc3[nH]c(-c4n[nH]c5cnc(-c6cncc(N7CC(N)C7)n6)cc45)nc23)c1. The molecule has 1 aromatic carbocycles. The Hall–Kier alpha value is -4.81. The molecule has 6 aromatic rings. The van der Waals surface area contributed by atoms with Gasteiger partial charge in [-0.15, -0.1) is 0 Å². The van der Waals surface area contributed by atoms with E-state index in [0.717, 1.165) is 60.3 Å². The highest BCUT2D eigenvalue weighted by Gasteiger charge is 2.25. The standard InChI is InChI=1S/C30H30FN11/c1-41(2)7-3-4-17-8-18(10-19(31)9-17)27-29-22(5-6-34-27)37-30(38-29)28-21-11-23(35-13-24(21)39-40-28)25-12-33-14-26(36-25)42-15-20(32)16-42/h5-6,8-14,20H,3-4,7,15-16,32H2,1-2H3,(H,37,38)(H,39,40). The zero-order valence-electron chi connectivity index (χ0n) is 23.3. The number of aromatic amines is 2.